The van der Waals surface area contributed by atoms with Crippen molar-refractivity contribution in [2.45, 2.75) is 0 Å². The predicted octanol–water partition coefficient (Wildman–Crippen LogP) is 0.374. The third-order valence-electron chi connectivity index (χ3n) is 1.30. The number of guanidine groups is 1. The van der Waals surface area contributed by atoms with Gasteiger partial charge < -0.3 is 5.73 Å². The third-order valence-corrected chi connectivity index (χ3v) is 1.30. The Morgan fingerprint density at radius 1 is 1.31 bits per heavy atom. The van der Waals surface area contributed by atoms with E-state index in [2.05, 4.69) is 10.4 Å². The van der Waals surface area contributed by atoms with Gasteiger partial charge >= 0.3 is 0 Å². The van der Waals surface area contributed by atoms with E-state index in [0.29, 0.717) is 0 Å². The number of aliphatic imine (C=N–C) groups is 1. The number of nitrogens with one attached hydrogen (secondary N) is 1. The van der Waals surface area contributed by atoms with Crippen LogP contribution in [-0.4, -0.2) is 5.96 Å². The van der Waals surface area contributed by atoms with Crippen LogP contribution in [0.4, 0.5) is 14.5 Å². The van der Waals surface area contributed by atoms with Crippen molar-refractivity contribution in [2.75, 3.05) is 0 Å². The lowest BCUT2D eigenvalue weighted by atomic mass is 10.3. The Bertz CT molecular complexity index is 337. The summed E-state index contributed by atoms with van der Waals surface area (Å²) in [6.45, 7) is 0. The number of nitrogens with zero attached hydrogens (tertiary/aromatic N) is 1. The van der Waals surface area contributed by atoms with Gasteiger partial charge in [0, 0.05) is 6.07 Å². The van der Waals surface area contributed by atoms with Crippen molar-refractivity contribution in [1.82, 2.24) is 5.43 Å². The molecule has 13 heavy (non-hydrogen) atoms. The summed E-state index contributed by atoms with van der Waals surface area (Å²) in [5, 5.41) is 0. The highest BCUT2D eigenvalue weighted by molar-refractivity contribution is 5.80. The van der Waals surface area contributed by atoms with Gasteiger partial charge in [0.05, 0.1) is 5.69 Å². The van der Waals surface area contributed by atoms with E-state index in [1.165, 1.54) is 6.07 Å². The zero-order valence-corrected chi connectivity index (χ0v) is 6.59. The zero-order chi connectivity index (χ0) is 9.84. The van der Waals surface area contributed by atoms with Crippen molar-refractivity contribution in [3.8, 4) is 0 Å². The molecule has 0 saturated carbocycles. The molecule has 0 heterocycles. The number of nitrogens with two attached hydrogens (primary N) is 2. The summed E-state index contributed by atoms with van der Waals surface area (Å²) in [5.74, 6) is 2.92. The number of hydrogen-bond acceptors (Lipinski definition) is 2. The molecule has 1 rings (SSSR count). The van der Waals surface area contributed by atoms with Crippen LogP contribution >= 0.6 is 0 Å². The third kappa shape index (κ3) is 2.38. The molecular formula is C7H8F2N4. The molecule has 0 saturated heterocycles. The fraction of sp³-hybridized carbons (Fsp3) is 0. The van der Waals surface area contributed by atoms with Gasteiger partial charge in [-0.2, -0.15) is 0 Å². The Kier molecular flexibility index (Phi) is 2.76. The molecule has 0 fully saturated rings. The molecule has 1 aromatic rings. The summed E-state index contributed by atoms with van der Waals surface area (Å²) in [6, 6.07) is 3.15. The van der Waals surface area contributed by atoms with E-state index in [1.54, 1.807) is 0 Å². The van der Waals surface area contributed by atoms with E-state index in [4.69, 9.17) is 11.6 Å². The first-order valence-corrected chi connectivity index (χ1v) is 3.39. The highest BCUT2D eigenvalue weighted by Gasteiger charge is 2.01. The van der Waals surface area contributed by atoms with Crippen LogP contribution in [0.15, 0.2) is 23.2 Å². The molecule has 0 aliphatic heterocycles. The second-order valence-electron chi connectivity index (χ2n) is 2.24. The van der Waals surface area contributed by atoms with E-state index >= 15 is 0 Å². The van der Waals surface area contributed by atoms with E-state index in [9.17, 15) is 8.78 Å². The zero-order valence-electron chi connectivity index (χ0n) is 6.59. The van der Waals surface area contributed by atoms with Crippen molar-refractivity contribution in [1.29, 1.82) is 0 Å². The van der Waals surface area contributed by atoms with Crippen LogP contribution in [-0.2, 0) is 0 Å². The van der Waals surface area contributed by atoms with E-state index in [-0.39, 0.29) is 11.6 Å². The average molecular weight is 186 g/mol. The number of hydrogen-bond donors (Lipinski definition) is 3. The molecule has 0 aliphatic carbocycles. The predicted molar refractivity (Wildman–Crippen MR) is 45.0 cm³/mol. The van der Waals surface area contributed by atoms with Gasteiger partial charge in [0.1, 0.15) is 0 Å². The smallest absolute Gasteiger partial charge is 0.208 e. The fourth-order valence-corrected chi connectivity index (χ4v) is 0.726. The fourth-order valence-electron chi connectivity index (χ4n) is 0.726. The molecule has 0 aromatic heterocycles. The molecule has 70 valence electrons. The number of halogens is 2. The van der Waals surface area contributed by atoms with Crippen molar-refractivity contribution >= 4 is 11.6 Å². The first-order valence-electron chi connectivity index (χ1n) is 3.39. The number of benzene rings is 1. The molecule has 0 aliphatic rings. The Morgan fingerprint density at radius 3 is 2.54 bits per heavy atom. The van der Waals surface area contributed by atoms with E-state index in [0.717, 1.165) is 12.1 Å². The Hall–Kier alpha value is -1.69. The highest BCUT2D eigenvalue weighted by Crippen LogP contribution is 2.15. The molecule has 0 spiro atoms. The van der Waals surface area contributed by atoms with Crippen LogP contribution in [0.3, 0.4) is 0 Å². The van der Waals surface area contributed by atoms with Gasteiger partial charge in [0.15, 0.2) is 11.6 Å². The molecule has 4 nitrogen and oxygen atoms in total. The Balaban J connectivity index is 2.98. The van der Waals surface area contributed by atoms with E-state index in [1.807, 2.05) is 0 Å². The normalized spacial score (nSPS) is 11.5. The van der Waals surface area contributed by atoms with Crippen molar-refractivity contribution in [3.05, 3.63) is 29.8 Å². The minimum absolute atomic E-state index is 0.0778. The molecule has 0 unspecified atom stereocenters. The average Bonchev–Trinajstić information content (AvgIpc) is 2.11. The van der Waals surface area contributed by atoms with Gasteiger partial charge in [-0.05, 0) is 12.1 Å². The maximum absolute atomic E-state index is 12.6. The summed E-state index contributed by atoms with van der Waals surface area (Å²) in [5.41, 5.74) is 7.44. The van der Waals surface area contributed by atoms with Crippen molar-refractivity contribution in [2.24, 2.45) is 16.6 Å². The van der Waals surface area contributed by atoms with Crippen LogP contribution in [0.5, 0.6) is 0 Å². The first-order chi connectivity index (χ1) is 6.13. The van der Waals surface area contributed by atoms with Gasteiger partial charge in [-0.15, -0.1) is 0 Å². The summed E-state index contributed by atoms with van der Waals surface area (Å²) in [7, 11) is 0. The van der Waals surface area contributed by atoms with Crippen molar-refractivity contribution < 1.29 is 8.78 Å². The van der Waals surface area contributed by atoms with Crippen LogP contribution in [0, 0.1) is 11.6 Å². The van der Waals surface area contributed by atoms with Gasteiger partial charge in [-0.3, -0.25) is 5.43 Å². The topological polar surface area (TPSA) is 76.4 Å². The number of hydrazine groups is 1. The van der Waals surface area contributed by atoms with Crippen LogP contribution in [0.2, 0.25) is 0 Å². The van der Waals surface area contributed by atoms with Gasteiger partial charge in [0.25, 0.3) is 0 Å². The maximum Gasteiger partial charge on any atom is 0.208 e. The molecular weight excluding hydrogens is 178 g/mol. The molecule has 0 radical (unpaired) electrons. The largest absolute Gasteiger partial charge is 0.369 e. The summed E-state index contributed by atoms with van der Waals surface area (Å²) in [6.07, 6.45) is 0. The quantitative estimate of drug-likeness (QED) is 0.257. The molecule has 0 atom stereocenters. The molecule has 0 bridgehead atoms. The highest BCUT2D eigenvalue weighted by atomic mass is 19.2. The van der Waals surface area contributed by atoms with Crippen LogP contribution < -0.4 is 17.0 Å². The second-order valence-corrected chi connectivity index (χ2v) is 2.24. The van der Waals surface area contributed by atoms with Gasteiger partial charge in [0.2, 0.25) is 5.96 Å². The minimum atomic E-state index is -0.980. The monoisotopic (exact) mass is 186 g/mol. The summed E-state index contributed by atoms with van der Waals surface area (Å²) in [4.78, 5) is 3.63. The molecule has 6 heteroatoms. The molecule has 1 aromatic carbocycles. The van der Waals surface area contributed by atoms with Gasteiger partial charge in [-0.25, -0.2) is 19.6 Å². The molecule has 0 amide bonds. The standard InChI is InChI=1S/C7H8F2N4/c8-5-2-1-4(3-6(5)9)12-7(10)13-11/h1-3H,11H2,(H3,10,12,13). The summed E-state index contributed by atoms with van der Waals surface area (Å²) >= 11 is 0. The lowest BCUT2D eigenvalue weighted by Crippen LogP contribution is -2.36. The second kappa shape index (κ2) is 3.81. The first kappa shape index (κ1) is 9.40. The van der Waals surface area contributed by atoms with E-state index < -0.39 is 11.6 Å². The lowest BCUT2D eigenvalue weighted by Gasteiger charge is -1.98. The van der Waals surface area contributed by atoms with Crippen LogP contribution in [0.25, 0.3) is 0 Å². The van der Waals surface area contributed by atoms with Gasteiger partial charge in [-0.1, -0.05) is 0 Å². The van der Waals surface area contributed by atoms with Crippen molar-refractivity contribution in [3.63, 3.8) is 0 Å². The number of rotatable bonds is 1. The Labute approximate surface area is 73.2 Å². The maximum atomic E-state index is 12.6. The lowest BCUT2D eigenvalue weighted by molar-refractivity contribution is 0.509. The Morgan fingerprint density at radius 2 is 2.00 bits per heavy atom. The molecule has 5 N–H and O–H groups in total. The SMILES string of the molecule is NNC(N)=Nc1ccc(F)c(F)c1. The minimum Gasteiger partial charge on any atom is -0.369 e. The summed E-state index contributed by atoms with van der Waals surface area (Å²) < 4.78 is 25.0. The van der Waals surface area contributed by atoms with Crippen LogP contribution in [0.1, 0.15) is 0 Å².